The van der Waals surface area contributed by atoms with Gasteiger partial charge in [-0.25, -0.2) is 0 Å². The molecule has 0 radical (unpaired) electrons. The molecule has 1 aliphatic heterocycles. The van der Waals surface area contributed by atoms with Gasteiger partial charge >= 0.3 is 12.1 Å². The normalized spacial score (nSPS) is 25.4. The van der Waals surface area contributed by atoms with Gasteiger partial charge in [0, 0.05) is 19.0 Å². The van der Waals surface area contributed by atoms with Crippen molar-refractivity contribution in [2.24, 2.45) is 11.3 Å². The highest BCUT2D eigenvalue weighted by Crippen LogP contribution is 2.46. The lowest BCUT2D eigenvalue weighted by Gasteiger charge is -2.28. The van der Waals surface area contributed by atoms with E-state index in [4.69, 9.17) is 5.11 Å². The number of carboxylic acids is 1. The average molecular weight is 281 g/mol. The molecule has 0 spiro atoms. The van der Waals surface area contributed by atoms with Crippen LogP contribution in [0.2, 0.25) is 0 Å². The molecular formula is C12H18F3NO3. The number of nitrogens with zero attached hydrogens (tertiary/aromatic N) is 1. The van der Waals surface area contributed by atoms with Gasteiger partial charge in [0.15, 0.2) is 5.41 Å². The van der Waals surface area contributed by atoms with E-state index in [2.05, 4.69) is 0 Å². The van der Waals surface area contributed by atoms with Gasteiger partial charge in [0.1, 0.15) is 0 Å². The molecular weight excluding hydrogens is 263 g/mol. The molecule has 2 unspecified atom stereocenters. The number of carboxylic acid groups (broad SMARTS) is 1. The van der Waals surface area contributed by atoms with Crippen LogP contribution in [-0.2, 0) is 9.59 Å². The van der Waals surface area contributed by atoms with Crippen molar-refractivity contribution in [3.8, 4) is 0 Å². The second-order valence-electron chi connectivity index (χ2n) is 5.08. The molecule has 7 heteroatoms. The molecule has 0 aromatic carbocycles. The summed E-state index contributed by atoms with van der Waals surface area (Å²) in [6.07, 6.45) is -4.08. The van der Waals surface area contributed by atoms with Crippen LogP contribution < -0.4 is 0 Å². The fourth-order valence-corrected chi connectivity index (χ4v) is 2.39. The van der Waals surface area contributed by atoms with E-state index in [0.29, 0.717) is 6.42 Å². The highest BCUT2D eigenvalue weighted by molar-refractivity contribution is 5.82. The van der Waals surface area contributed by atoms with Crippen molar-refractivity contribution >= 4 is 11.9 Å². The lowest BCUT2D eigenvalue weighted by atomic mass is 9.86. The first-order valence-corrected chi connectivity index (χ1v) is 6.24. The Labute approximate surface area is 109 Å². The van der Waals surface area contributed by atoms with Crippen molar-refractivity contribution in [2.75, 3.05) is 13.1 Å². The van der Waals surface area contributed by atoms with E-state index in [1.165, 1.54) is 0 Å². The summed E-state index contributed by atoms with van der Waals surface area (Å²) in [6.45, 7) is 2.60. The molecule has 2 atom stereocenters. The van der Waals surface area contributed by atoms with Crippen LogP contribution in [0.5, 0.6) is 0 Å². The molecule has 1 N–H and O–H groups in total. The van der Waals surface area contributed by atoms with Crippen molar-refractivity contribution in [3.63, 3.8) is 0 Å². The van der Waals surface area contributed by atoms with Crippen LogP contribution in [0.15, 0.2) is 0 Å². The van der Waals surface area contributed by atoms with Crippen LogP contribution >= 0.6 is 0 Å². The third-order valence-corrected chi connectivity index (χ3v) is 3.68. The molecule has 110 valence electrons. The maximum Gasteiger partial charge on any atom is 0.406 e. The number of likely N-dealkylation sites (tertiary alicyclic amines) is 1. The Balaban J connectivity index is 2.86. The van der Waals surface area contributed by atoms with E-state index >= 15 is 0 Å². The minimum atomic E-state index is -4.85. The summed E-state index contributed by atoms with van der Waals surface area (Å²) in [5.74, 6) is -2.67. The molecule has 0 saturated carbocycles. The Morgan fingerprint density at radius 3 is 2.37 bits per heavy atom. The summed E-state index contributed by atoms with van der Waals surface area (Å²) < 4.78 is 38.8. The fourth-order valence-electron chi connectivity index (χ4n) is 2.39. The molecule has 0 bridgehead atoms. The summed E-state index contributed by atoms with van der Waals surface area (Å²) >= 11 is 0. The van der Waals surface area contributed by atoms with Crippen LogP contribution in [0.25, 0.3) is 0 Å². The van der Waals surface area contributed by atoms with Crippen molar-refractivity contribution in [1.29, 1.82) is 0 Å². The summed E-state index contributed by atoms with van der Waals surface area (Å²) in [5.41, 5.74) is -2.81. The lowest BCUT2D eigenvalue weighted by Crippen LogP contribution is -2.48. The van der Waals surface area contributed by atoms with Crippen molar-refractivity contribution < 1.29 is 27.9 Å². The molecule has 0 aromatic rings. The predicted octanol–water partition coefficient (Wildman–Crippen LogP) is 2.29. The summed E-state index contributed by atoms with van der Waals surface area (Å²) in [6, 6.07) is 0. The average Bonchev–Trinajstić information content (AvgIpc) is 2.73. The molecule has 0 aromatic heterocycles. The highest BCUT2D eigenvalue weighted by Gasteiger charge is 2.64. The quantitative estimate of drug-likeness (QED) is 0.860. The monoisotopic (exact) mass is 281 g/mol. The number of halogens is 3. The van der Waals surface area contributed by atoms with Crippen LogP contribution in [0.1, 0.15) is 33.1 Å². The molecule has 1 fully saturated rings. The van der Waals surface area contributed by atoms with E-state index in [1.807, 2.05) is 6.92 Å². The third-order valence-electron chi connectivity index (χ3n) is 3.68. The van der Waals surface area contributed by atoms with Gasteiger partial charge in [-0.3, -0.25) is 9.59 Å². The van der Waals surface area contributed by atoms with Crippen LogP contribution in [-0.4, -0.2) is 41.1 Å². The van der Waals surface area contributed by atoms with Crippen LogP contribution in [0.3, 0.4) is 0 Å². The largest absolute Gasteiger partial charge is 0.481 e. The number of carbonyl (C=O) groups is 2. The first kappa shape index (κ1) is 15.8. The topological polar surface area (TPSA) is 57.6 Å². The van der Waals surface area contributed by atoms with Crippen molar-refractivity contribution in [1.82, 2.24) is 4.90 Å². The highest BCUT2D eigenvalue weighted by atomic mass is 19.4. The lowest BCUT2D eigenvalue weighted by molar-refractivity contribution is -0.227. The molecule has 4 nitrogen and oxygen atoms in total. The van der Waals surface area contributed by atoms with Gasteiger partial charge in [0.25, 0.3) is 0 Å². The maximum atomic E-state index is 12.9. The molecule has 1 saturated heterocycles. The number of rotatable bonds is 4. The molecule has 1 amide bonds. The first-order chi connectivity index (χ1) is 8.65. The Morgan fingerprint density at radius 1 is 1.42 bits per heavy atom. The SMILES string of the molecule is CCCC(C)C(=O)N1CCC(C(=O)O)(C(F)(F)F)C1. The van der Waals surface area contributed by atoms with Crippen LogP contribution in [0, 0.1) is 11.3 Å². The summed E-state index contributed by atoms with van der Waals surface area (Å²) in [5, 5.41) is 8.88. The zero-order chi connectivity index (χ0) is 14.8. The zero-order valence-corrected chi connectivity index (χ0v) is 11.0. The predicted molar refractivity (Wildman–Crippen MR) is 61.4 cm³/mol. The molecule has 1 rings (SSSR count). The van der Waals surface area contributed by atoms with E-state index in [1.54, 1.807) is 6.92 Å². The van der Waals surface area contributed by atoms with E-state index in [9.17, 15) is 22.8 Å². The number of hydrogen-bond acceptors (Lipinski definition) is 2. The van der Waals surface area contributed by atoms with Gasteiger partial charge in [-0.1, -0.05) is 20.3 Å². The first-order valence-electron chi connectivity index (χ1n) is 6.24. The van der Waals surface area contributed by atoms with Gasteiger partial charge in [-0.05, 0) is 12.8 Å². The van der Waals surface area contributed by atoms with Crippen LogP contribution in [0.4, 0.5) is 13.2 Å². The van der Waals surface area contributed by atoms with Gasteiger partial charge in [-0.15, -0.1) is 0 Å². The Bertz CT molecular complexity index is 370. The number of alkyl halides is 3. The second kappa shape index (κ2) is 5.38. The molecule has 19 heavy (non-hydrogen) atoms. The van der Waals surface area contributed by atoms with Gasteiger partial charge in [-0.2, -0.15) is 13.2 Å². The molecule has 0 aliphatic carbocycles. The van der Waals surface area contributed by atoms with Gasteiger partial charge < -0.3 is 10.0 Å². The Hall–Kier alpha value is -1.27. The van der Waals surface area contributed by atoms with E-state index in [-0.39, 0.29) is 12.5 Å². The number of aliphatic carboxylic acids is 1. The van der Waals surface area contributed by atoms with Crippen molar-refractivity contribution in [3.05, 3.63) is 0 Å². The number of amides is 1. The Morgan fingerprint density at radius 2 is 2.00 bits per heavy atom. The minimum absolute atomic E-state index is 0.154. The van der Waals surface area contributed by atoms with Crippen molar-refractivity contribution in [2.45, 2.75) is 39.3 Å². The zero-order valence-electron chi connectivity index (χ0n) is 11.0. The number of hydrogen-bond donors (Lipinski definition) is 1. The standard InChI is InChI=1S/C12H18F3NO3/c1-3-4-8(2)9(17)16-6-5-11(7-16,10(18)19)12(13,14)15/h8H,3-7H2,1-2H3,(H,18,19). The third kappa shape index (κ3) is 2.84. The summed E-state index contributed by atoms with van der Waals surface area (Å²) in [4.78, 5) is 23.9. The molecule has 1 aliphatic rings. The van der Waals surface area contributed by atoms with E-state index in [0.717, 1.165) is 11.3 Å². The minimum Gasteiger partial charge on any atom is -0.481 e. The Kier molecular flexibility index (Phi) is 4.47. The molecule has 1 heterocycles. The van der Waals surface area contributed by atoms with Gasteiger partial charge in [0.2, 0.25) is 5.91 Å². The fraction of sp³-hybridized carbons (Fsp3) is 0.833. The second-order valence-corrected chi connectivity index (χ2v) is 5.08. The maximum absolute atomic E-state index is 12.9. The van der Waals surface area contributed by atoms with E-state index < -0.39 is 36.4 Å². The van der Waals surface area contributed by atoms with Gasteiger partial charge in [0.05, 0.1) is 0 Å². The number of carbonyl (C=O) groups excluding carboxylic acids is 1. The smallest absolute Gasteiger partial charge is 0.406 e. The summed E-state index contributed by atoms with van der Waals surface area (Å²) in [7, 11) is 0.